The minimum Gasteiger partial charge on any atom is -0.493 e. The third-order valence-electron chi connectivity index (χ3n) is 5.36. The van der Waals surface area contributed by atoms with Crippen LogP contribution in [0.25, 0.3) is 16.5 Å². The van der Waals surface area contributed by atoms with Crippen LogP contribution in [0, 0.1) is 5.82 Å². The number of carbonyl (C=O) groups is 2. The lowest BCUT2D eigenvalue weighted by molar-refractivity contribution is 0.0519. The summed E-state index contributed by atoms with van der Waals surface area (Å²) in [4.78, 5) is 39.4. The topological polar surface area (TPSA) is 118 Å². The van der Waals surface area contributed by atoms with E-state index in [4.69, 9.17) is 18.9 Å². The van der Waals surface area contributed by atoms with Crippen molar-refractivity contribution in [2.24, 2.45) is 0 Å². The van der Waals surface area contributed by atoms with Crippen LogP contribution in [0.15, 0.2) is 46.6 Å². The number of anilines is 1. The first-order valence-electron chi connectivity index (χ1n) is 10.9. The zero-order valence-corrected chi connectivity index (χ0v) is 21.1. The zero-order chi connectivity index (χ0) is 26.7. The van der Waals surface area contributed by atoms with Crippen molar-refractivity contribution in [1.29, 1.82) is 0 Å². The molecule has 192 valence electrons. The van der Waals surface area contributed by atoms with Gasteiger partial charge in [-0.2, -0.15) is 9.78 Å². The number of amides is 1. The van der Waals surface area contributed by atoms with E-state index in [9.17, 15) is 18.8 Å². The van der Waals surface area contributed by atoms with E-state index in [0.717, 1.165) is 16.0 Å². The summed E-state index contributed by atoms with van der Waals surface area (Å²) in [6, 6.07) is 8.42. The van der Waals surface area contributed by atoms with Gasteiger partial charge in [0.2, 0.25) is 5.75 Å². The number of fused-ring (bicyclic) bond motifs is 1. The zero-order valence-electron chi connectivity index (χ0n) is 20.3. The lowest BCUT2D eigenvalue weighted by atomic mass is 10.1. The van der Waals surface area contributed by atoms with Crippen molar-refractivity contribution in [3.8, 4) is 22.9 Å². The number of methoxy groups -OCH3 is 3. The van der Waals surface area contributed by atoms with Gasteiger partial charge in [-0.25, -0.2) is 9.18 Å². The first-order chi connectivity index (χ1) is 17.8. The lowest BCUT2D eigenvalue weighted by Gasteiger charge is -2.14. The van der Waals surface area contributed by atoms with E-state index in [-0.39, 0.29) is 50.8 Å². The second-order valence-corrected chi connectivity index (χ2v) is 8.34. The molecule has 0 aliphatic rings. The minimum absolute atomic E-state index is 0.0212. The Morgan fingerprint density at radius 1 is 1.08 bits per heavy atom. The number of thiophene rings is 1. The fourth-order valence-electron chi connectivity index (χ4n) is 3.67. The Labute approximate surface area is 214 Å². The molecule has 1 N–H and O–H groups in total. The molecular formula is C25H22FN3O7S. The quantitative estimate of drug-likeness (QED) is 0.341. The maximum absolute atomic E-state index is 14.6. The summed E-state index contributed by atoms with van der Waals surface area (Å²) in [7, 11) is 4.27. The van der Waals surface area contributed by atoms with Crippen LogP contribution in [-0.2, 0) is 4.74 Å². The molecule has 0 radical (unpaired) electrons. The van der Waals surface area contributed by atoms with E-state index >= 15 is 0 Å². The number of nitrogens with one attached hydrogen (secondary N) is 1. The molecule has 0 saturated carbocycles. The van der Waals surface area contributed by atoms with Gasteiger partial charge in [0.05, 0.1) is 33.3 Å². The fraction of sp³-hybridized carbons (Fsp3) is 0.200. The van der Waals surface area contributed by atoms with Gasteiger partial charge in [-0.15, -0.1) is 11.3 Å². The summed E-state index contributed by atoms with van der Waals surface area (Å²) < 4.78 is 36.4. The molecule has 4 rings (SSSR count). The second-order valence-electron chi connectivity index (χ2n) is 7.46. The smallest absolute Gasteiger partial charge is 0.359 e. The molecule has 12 heteroatoms. The molecule has 0 bridgehead atoms. The van der Waals surface area contributed by atoms with Gasteiger partial charge in [-0.05, 0) is 31.2 Å². The third kappa shape index (κ3) is 4.70. The van der Waals surface area contributed by atoms with Crippen LogP contribution in [0.4, 0.5) is 9.39 Å². The Kier molecular flexibility index (Phi) is 7.39. The molecule has 0 fully saturated rings. The summed E-state index contributed by atoms with van der Waals surface area (Å²) in [5, 5.41) is 8.59. The van der Waals surface area contributed by atoms with Crippen LogP contribution < -0.4 is 25.1 Å². The molecule has 0 saturated heterocycles. The summed E-state index contributed by atoms with van der Waals surface area (Å²) in [5.41, 5.74) is -0.919. The van der Waals surface area contributed by atoms with Gasteiger partial charge in [-0.1, -0.05) is 12.1 Å². The van der Waals surface area contributed by atoms with E-state index in [1.807, 2.05) is 0 Å². The van der Waals surface area contributed by atoms with Gasteiger partial charge in [0.1, 0.15) is 16.5 Å². The van der Waals surface area contributed by atoms with Crippen LogP contribution in [0.2, 0.25) is 0 Å². The van der Waals surface area contributed by atoms with Crippen molar-refractivity contribution < 1.29 is 32.9 Å². The lowest BCUT2D eigenvalue weighted by Crippen LogP contribution is -2.26. The maximum Gasteiger partial charge on any atom is 0.359 e. The number of halogens is 1. The number of ether oxygens (including phenoxy) is 4. The maximum atomic E-state index is 14.6. The van der Waals surface area contributed by atoms with Crippen molar-refractivity contribution in [1.82, 2.24) is 9.78 Å². The van der Waals surface area contributed by atoms with E-state index in [1.165, 1.54) is 63.1 Å². The van der Waals surface area contributed by atoms with Gasteiger partial charge in [0.25, 0.3) is 11.5 Å². The predicted molar refractivity (Wildman–Crippen MR) is 135 cm³/mol. The highest BCUT2D eigenvalue weighted by atomic mass is 32.1. The number of carbonyl (C=O) groups excluding carboxylic acids is 2. The summed E-state index contributed by atoms with van der Waals surface area (Å²) in [5.74, 6) is -1.27. The van der Waals surface area contributed by atoms with Crippen molar-refractivity contribution in [2.45, 2.75) is 6.92 Å². The van der Waals surface area contributed by atoms with Gasteiger partial charge >= 0.3 is 5.97 Å². The van der Waals surface area contributed by atoms with E-state index < -0.39 is 23.3 Å². The number of nitrogens with zero attached hydrogens (tertiary/aromatic N) is 2. The largest absolute Gasteiger partial charge is 0.493 e. The summed E-state index contributed by atoms with van der Waals surface area (Å²) in [6.07, 6.45) is 0. The molecule has 37 heavy (non-hydrogen) atoms. The molecule has 0 spiro atoms. The van der Waals surface area contributed by atoms with Crippen LogP contribution >= 0.6 is 11.3 Å². The highest BCUT2D eigenvalue weighted by Crippen LogP contribution is 2.39. The Balaban J connectivity index is 1.87. The van der Waals surface area contributed by atoms with Gasteiger partial charge < -0.3 is 24.3 Å². The first-order valence-corrected chi connectivity index (χ1v) is 11.8. The Hall–Kier alpha value is -4.45. The molecule has 2 aromatic heterocycles. The number of hydrogen-bond donors (Lipinski definition) is 1. The van der Waals surface area contributed by atoms with Crippen molar-refractivity contribution >= 4 is 39.0 Å². The summed E-state index contributed by atoms with van der Waals surface area (Å²) in [6.45, 7) is 1.69. The number of para-hydroxylation sites is 1. The van der Waals surface area contributed by atoms with Crippen molar-refractivity contribution in [3.63, 3.8) is 0 Å². The normalized spacial score (nSPS) is 10.7. The number of hydrogen-bond acceptors (Lipinski definition) is 9. The molecule has 0 aliphatic heterocycles. The second kappa shape index (κ2) is 10.7. The molecule has 10 nitrogen and oxygen atoms in total. The number of esters is 1. The monoisotopic (exact) mass is 527 g/mol. The van der Waals surface area contributed by atoms with Gasteiger partial charge in [0, 0.05) is 16.3 Å². The number of rotatable bonds is 8. The van der Waals surface area contributed by atoms with E-state index in [0.29, 0.717) is 5.75 Å². The predicted octanol–water partition coefficient (Wildman–Crippen LogP) is 4.04. The standard InChI is InChI=1S/C25H22FN3O7S/c1-5-36-25(32)20-14-12-37-23(19(14)24(31)29(28-20)16-9-7-6-8-15(16)26)27-22(30)13-10-17(33-2)21(35-4)18(11-13)34-3/h6-12H,5H2,1-4H3,(H,27,30). The molecule has 0 atom stereocenters. The number of aromatic nitrogens is 2. The molecule has 1 amide bonds. The van der Waals surface area contributed by atoms with Crippen molar-refractivity contribution in [2.75, 3.05) is 33.3 Å². The van der Waals surface area contributed by atoms with Crippen molar-refractivity contribution in [3.05, 3.63) is 69.2 Å². The average Bonchev–Trinajstić information content (AvgIpc) is 3.32. The Morgan fingerprint density at radius 3 is 2.35 bits per heavy atom. The molecule has 2 heterocycles. The molecule has 2 aromatic carbocycles. The van der Waals surface area contributed by atoms with Crippen LogP contribution in [0.1, 0.15) is 27.8 Å². The van der Waals surface area contributed by atoms with Gasteiger partial charge in [-0.3, -0.25) is 9.59 Å². The Morgan fingerprint density at radius 2 is 1.76 bits per heavy atom. The van der Waals surface area contributed by atoms with Crippen LogP contribution in [0.3, 0.4) is 0 Å². The highest BCUT2D eigenvalue weighted by Gasteiger charge is 2.25. The molecule has 0 aliphatic carbocycles. The van der Waals surface area contributed by atoms with E-state index in [2.05, 4.69) is 10.4 Å². The van der Waals surface area contributed by atoms with Crippen LogP contribution in [-0.4, -0.2) is 49.6 Å². The minimum atomic E-state index is -0.794. The number of benzene rings is 2. The SMILES string of the molecule is CCOC(=O)c1nn(-c2ccccc2F)c(=O)c2c(NC(=O)c3cc(OC)c(OC)c(OC)c3)scc12. The molecule has 4 aromatic rings. The third-order valence-corrected chi connectivity index (χ3v) is 6.25. The summed E-state index contributed by atoms with van der Waals surface area (Å²) >= 11 is 1.01. The first kappa shape index (κ1) is 25.6. The Bertz CT molecular complexity index is 1540. The van der Waals surface area contributed by atoms with E-state index in [1.54, 1.807) is 6.92 Å². The average molecular weight is 528 g/mol. The van der Waals surface area contributed by atoms with Crippen LogP contribution in [0.5, 0.6) is 17.2 Å². The van der Waals surface area contributed by atoms with Gasteiger partial charge in [0.15, 0.2) is 17.2 Å². The highest BCUT2D eigenvalue weighted by molar-refractivity contribution is 7.16. The molecule has 0 unspecified atom stereocenters. The fourth-order valence-corrected chi connectivity index (χ4v) is 4.60. The molecular weight excluding hydrogens is 505 g/mol.